The van der Waals surface area contributed by atoms with E-state index in [1.54, 1.807) is 31.3 Å². The molecule has 0 aliphatic rings. The minimum Gasteiger partial charge on any atom is -0.508 e. The monoisotopic (exact) mass is 556 g/mol. The molecule has 0 radical (unpaired) electrons. The summed E-state index contributed by atoms with van der Waals surface area (Å²) in [5, 5.41) is 36.6. The van der Waals surface area contributed by atoms with Gasteiger partial charge in [0.1, 0.15) is 29.6 Å². The number of benzene rings is 2. The van der Waals surface area contributed by atoms with Gasteiger partial charge in [0.15, 0.2) is 0 Å². The Bertz CT molecular complexity index is 1150. The van der Waals surface area contributed by atoms with Gasteiger partial charge in [0, 0.05) is 13.5 Å². The van der Waals surface area contributed by atoms with E-state index < -0.39 is 42.0 Å². The van der Waals surface area contributed by atoms with Crippen molar-refractivity contribution in [2.24, 2.45) is 5.92 Å². The maximum Gasteiger partial charge on any atom is 0.325 e. The zero-order valence-electron chi connectivity index (χ0n) is 23.5. The van der Waals surface area contributed by atoms with Crippen LogP contribution in [0.1, 0.15) is 38.3 Å². The van der Waals surface area contributed by atoms with Crippen LogP contribution in [0.2, 0.25) is 0 Å². The predicted octanol–water partition coefficient (Wildman–Crippen LogP) is 1.42. The number of hydrogen-bond donors (Lipinski definition) is 6. The fraction of sp³-hybridized carbons (Fsp3) is 0.448. The molecule has 11 heteroatoms. The third-order valence-corrected chi connectivity index (χ3v) is 6.58. The van der Waals surface area contributed by atoms with Crippen LogP contribution in [0.4, 0.5) is 0 Å². The van der Waals surface area contributed by atoms with Crippen LogP contribution in [-0.2, 0) is 32.0 Å². The zero-order chi connectivity index (χ0) is 30.0. The van der Waals surface area contributed by atoms with Crippen LogP contribution < -0.4 is 16.0 Å². The highest BCUT2D eigenvalue weighted by Crippen LogP contribution is 2.17. The molecule has 0 spiro atoms. The molecule has 3 amide bonds. The molecule has 0 heterocycles. The molecule has 4 atom stereocenters. The largest absolute Gasteiger partial charge is 0.508 e. The van der Waals surface area contributed by atoms with Gasteiger partial charge in [-0.25, -0.2) is 0 Å². The molecular weight excluding hydrogens is 516 g/mol. The number of phenols is 2. The molecule has 0 saturated carbocycles. The molecule has 2 aromatic carbocycles. The van der Waals surface area contributed by atoms with Gasteiger partial charge in [-0.3, -0.25) is 19.2 Å². The Morgan fingerprint density at radius 2 is 1.27 bits per heavy atom. The summed E-state index contributed by atoms with van der Waals surface area (Å²) >= 11 is 0. The summed E-state index contributed by atoms with van der Waals surface area (Å²) in [6.07, 6.45) is 0.665. The SMILES string of the molecule is CNC(Cc1ccc(O)cc1)C(=O)N(C)C(Cc1ccc(O)cc1)C(=O)NC(CC(C)C)C(=O)NC(C)C(=O)O. The summed E-state index contributed by atoms with van der Waals surface area (Å²) in [6, 6.07) is 8.87. The highest BCUT2D eigenvalue weighted by Gasteiger charge is 2.34. The van der Waals surface area contributed by atoms with E-state index in [2.05, 4.69) is 16.0 Å². The van der Waals surface area contributed by atoms with Crippen molar-refractivity contribution in [3.05, 3.63) is 59.7 Å². The Balaban J connectivity index is 2.33. The Kier molecular flexibility index (Phi) is 11.9. The summed E-state index contributed by atoms with van der Waals surface area (Å²) in [4.78, 5) is 52.8. The van der Waals surface area contributed by atoms with Crippen LogP contribution in [0.3, 0.4) is 0 Å². The molecule has 0 bridgehead atoms. The summed E-state index contributed by atoms with van der Waals surface area (Å²) in [5.74, 6) is -2.60. The average Bonchev–Trinajstić information content (AvgIpc) is 2.90. The summed E-state index contributed by atoms with van der Waals surface area (Å²) in [5.41, 5.74) is 1.49. The number of nitrogens with zero attached hydrogens (tertiary/aromatic N) is 1. The number of phenolic OH excluding ortho intramolecular Hbond substituents is 2. The molecule has 2 rings (SSSR count). The van der Waals surface area contributed by atoms with Gasteiger partial charge in [0.25, 0.3) is 0 Å². The van der Waals surface area contributed by atoms with Gasteiger partial charge in [0.05, 0.1) is 6.04 Å². The fourth-order valence-corrected chi connectivity index (χ4v) is 4.19. The van der Waals surface area contributed by atoms with E-state index >= 15 is 0 Å². The van der Waals surface area contributed by atoms with Gasteiger partial charge in [-0.2, -0.15) is 0 Å². The number of hydrogen-bond acceptors (Lipinski definition) is 7. The third kappa shape index (κ3) is 9.57. The molecule has 2 aromatic rings. The summed E-state index contributed by atoms with van der Waals surface area (Å²) < 4.78 is 0. The number of carboxylic acid groups (broad SMARTS) is 1. The van der Waals surface area contributed by atoms with Crippen LogP contribution in [0.15, 0.2) is 48.5 Å². The van der Waals surface area contributed by atoms with Crippen molar-refractivity contribution in [2.75, 3.05) is 14.1 Å². The van der Waals surface area contributed by atoms with E-state index in [1.807, 2.05) is 13.8 Å². The lowest BCUT2D eigenvalue weighted by Gasteiger charge is -2.32. The first-order valence-electron chi connectivity index (χ1n) is 13.2. The predicted molar refractivity (Wildman–Crippen MR) is 150 cm³/mol. The topological polar surface area (TPSA) is 168 Å². The molecule has 0 fully saturated rings. The zero-order valence-corrected chi connectivity index (χ0v) is 23.5. The molecule has 0 aliphatic carbocycles. The van der Waals surface area contributed by atoms with Gasteiger partial charge in [0.2, 0.25) is 17.7 Å². The van der Waals surface area contributed by atoms with Gasteiger partial charge in [-0.15, -0.1) is 0 Å². The van der Waals surface area contributed by atoms with Gasteiger partial charge in [-0.05, 0) is 68.1 Å². The van der Waals surface area contributed by atoms with E-state index in [9.17, 15) is 34.5 Å². The first-order valence-corrected chi connectivity index (χ1v) is 13.2. The van der Waals surface area contributed by atoms with Crippen molar-refractivity contribution in [3.8, 4) is 11.5 Å². The third-order valence-electron chi connectivity index (χ3n) is 6.58. The second-order valence-electron chi connectivity index (χ2n) is 10.3. The average molecular weight is 557 g/mol. The van der Waals surface area contributed by atoms with Crippen molar-refractivity contribution in [3.63, 3.8) is 0 Å². The molecule has 218 valence electrons. The molecule has 11 nitrogen and oxygen atoms in total. The molecular formula is C29H40N4O7. The second kappa shape index (κ2) is 14.9. The Labute approximate surface area is 234 Å². The second-order valence-corrected chi connectivity index (χ2v) is 10.3. The smallest absolute Gasteiger partial charge is 0.325 e. The number of amides is 3. The Morgan fingerprint density at radius 3 is 1.73 bits per heavy atom. The normalized spacial score (nSPS) is 14.1. The highest BCUT2D eigenvalue weighted by molar-refractivity contribution is 5.94. The van der Waals surface area contributed by atoms with Crippen molar-refractivity contribution in [1.82, 2.24) is 20.9 Å². The van der Waals surface area contributed by atoms with Crippen LogP contribution in [0.25, 0.3) is 0 Å². The highest BCUT2D eigenvalue weighted by atomic mass is 16.4. The molecule has 0 saturated heterocycles. The number of carbonyl (C=O) groups excluding carboxylic acids is 3. The van der Waals surface area contributed by atoms with Gasteiger partial charge in [-0.1, -0.05) is 38.1 Å². The van der Waals surface area contributed by atoms with Crippen LogP contribution in [-0.4, -0.2) is 82.2 Å². The van der Waals surface area contributed by atoms with E-state index in [1.165, 1.54) is 43.1 Å². The van der Waals surface area contributed by atoms with Crippen molar-refractivity contribution in [1.29, 1.82) is 0 Å². The van der Waals surface area contributed by atoms with E-state index in [0.29, 0.717) is 12.0 Å². The molecule has 40 heavy (non-hydrogen) atoms. The maximum absolute atomic E-state index is 13.7. The summed E-state index contributed by atoms with van der Waals surface area (Å²) in [7, 11) is 3.15. The summed E-state index contributed by atoms with van der Waals surface area (Å²) in [6.45, 7) is 5.08. The molecule has 6 N–H and O–H groups in total. The lowest BCUT2D eigenvalue weighted by Crippen LogP contribution is -2.58. The first-order chi connectivity index (χ1) is 18.8. The number of likely N-dealkylation sites (N-methyl/N-ethyl adjacent to an activating group) is 2. The van der Waals surface area contributed by atoms with Crippen LogP contribution >= 0.6 is 0 Å². The van der Waals surface area contributed by atoms with Crippen LogP contribution in [0.5, 0.6) is 11.5 Å². The van der Waals surface area contributed by atoms with E-state index in [0.717, 1.165) is 5.56 Å². The number of carboxylic acids is 1. The fourth-order valence-electron chi connectivity index (χ4n) is 4.19. The quantitative estimate of drug-likeness (QED) is 0.203. The van der Waals surface area contributed by atoms with Crippen molar-refractivity contribution >= 4 is 23.7 Å². The molecule has 0 aliphatic heterocycles. The lowest BCUT2D eigenvalue weighted by molar-refractivity contribution is -0.143. The number of nitrogens with one attached hydrogen (secondary N) is 3. The number of aliphatic carboxylic acids is 1. The molecule has 0 aromatic heterocycles. The molecule has 4 unspecified atom stereocenters. The number of aromatic hydroxyl groups is 2. The van der Waals surface area contributed by atoms with Gasteiger partial charge < -0.3 is 36.2 Å². The Hall–Kier alpha value is -4.12. The minimum absolute atomic E-state index is 0.00470. The van der Waals surface area contributed by atoms with Crippen molar-refractivity contribution in [2.45, 2.75) is 64.2 Å². The number of carbonyl (C=O) groups is 4. The van der Waals surface area contributed by atoms with Crippen molar-refractivity contribution < 1.29 is 34.5 Å². The van der Waals surface area contributed by atoms with E-state index in [4.69, 9.17) is 0 Å². The van der Waals surface area contributed by atoms with E-state index in [-0.39, 0.29) is 36.2 Å². The standard InChI is InChI=1S/C29H40N4O7/c1-17(2)14-23(26(36)31-18(3)29(39)40)32-27(37)25(16-20-8-12-22(35)13-9-20)33(5)28(38)24(30-4)15-19-6-10-21(34)11-7-19/h6-13,17-18,23-25,30,34-35H,14-16H2,1-5H3,(H,31,36)(H,32,37)(H,39,40). The number of rotatable bonds is 14. The minimum atomic E-state index is -1.20. The lowest BCUT2D eigenvalue weighted by atomic mass is 9.99. The van der Waals surface area contributed by atoms with Crippen LogP contribution in [0, 0.1) is 5.92 Å². The first kappa shape index (κ1) is 32.1. The maximum atomic E-state index is 13.7. The van der Waals surface area contributed by atoms with Gasteiger partial charge >= 0.3 is 5.97 Å². The Morgan fingerprint density at radius 1 is 0.775 bits per heavy atom.